The lowest BCUT2D eigenvalue weighted by atomic mass is 9.95. The maximum Gasteiger partial charge on any atom is 0.289 e. The zero-order chi connectivity index (χ0) is 20.8. The molecular formula is C23H29N3O4. The Labute approximate surface area is 177 Å². The Kier molecular flexibility index (Phi) is 6.81. The number of benzene rings is 1. The van der Waals surface area contributed by atoms with Crippen LogP contribution < -0.4 is 5.32 Å². The first-order chi connectivity index (χ1) is 14.7. The van der Waals surface area contributed by atoms with Crippen LogP contribution in [0.3, 0.4) is 0 Å². The second-order valence-electron chi connectivity index (χ2n) is 8.00. The maximum atomic E-state index is 12.6. The fourth-order valence-corrected chi connectivity index (χ4v) is 4.15. The topological polar surface area (TPSA) is 75.0 Å². The summed E-state index contributed by atoms with van der Waals surface area (Å²) in [6.07, 6.45) is 2.85. The van der Waals surface area contributed by atoms with E-state index in [9.17, 15) is 9.59 Å². The van der Waals surface area contributed by atoms with Gasteiger partial charge in [-0.1, -0.05) is 30.3 Å². The number of piperidine rings is 1. The van der Waals surface area contributed by atoms with Crippen LogP contribution in [0.4, 0.5) is 0 Å². The SMILES string of the molecule is O=C(NCC1CN(Cc2ccccc2)CCO1)C1CCN(C(=O)c2ccco2)CC1. The summed E-state index contributed by atoms with van der Waals surface area (Å²) >= 11 is 0. The van der Waals surface area contributed by atoms with Crippen LogP contribution in [0.25, 0.3) is 0 Å². The fourth-order valence-electron chi connectivity index (χ4n) is 4.15. The van der Waals surface area contributed by atoms with E-state index in [1.807, 2.05) is 6.07 Å². The Morgan fingerprint density at radius 1 is 1.03 bits per heavy atom. The van der Waals surface area contributed by atoms with Gasteiger partial charge in [0.2, 0.25) is 5.91 Å². The van der Waals surface area contributed by atoms with E-state index < -0.39 is 0 Å². The van der Waals surface area contributed by atoms with Gasteiger partial charge in [-0.3, -0.25) is 14.5 Å². The third kappa shape index (κ3) is 5.29. The number of furan rings is 1. The van der Waals surface area contributed by atoms with E-state index in [-0.39, 0.29) is 23.8 Å². The van der Waals surface area contributed by atoms with Crippen molar-refractivity contribution in [1.29, 1.82) is 0 Å². The van der Waals surface area contributed by atoms with Crippen LogP contribution in [0.5, 0.6) is 0 Å². The van der Waals surface area contributed by atoms with Crippen molar-refractivity contribution in [3.05, 3.63) is 60.1 Å². The Morgan fingerprint density at radius 3 is 2.57 bits per heavy atom. The molecule has 2 saturated heterocycles. The van der Waals surface area contributed by atoms with Gasteiger partial charge in [-0.05, 0) is 30.5 Å². The molecule has 7 heteroatoms. The third-order valence-corrected chi connectivity index (χ3v) is 5.86. The minimum atomic E-state index is -0.104. The summed E-state index contributed by atoms with van der Waals surface area (Å²) in [5, 5.41) is 3.07. The average Bonchev–Trinajstić information content (AvgIpc) is 3.33. The molecule has 2 amide bonds. The Hall–Kier alpha value is -2.64. The molecule has 2 aliphatic rings. The molecule has 2 fully saturated rings. The Morgan fingerprint density at radius 2 is 1.83 bits per heavy atom. The van der Waals surface area contributed by atoms with E-state index >= 15 is 0 Å². The van der Waals surface area contributed by atoms with Crippen molar-refractivity contribution in [2.45, 2.75) is 25.5 Å². The highest BCUT2D eigenvalue weighted by atomic mass is 16.5. The smallest absolute Gasteiger partial charge is 0.289 e. The van der Waals surface area contributed by atoms with Crippen molar-refractivity contribution < 1.29 is 18.7 Å². The molecule has 1 aromatic carbocycles. The predicted octanol–water partition coefficient (Wildman–Crippen LogP) is 2.15. The summed E-state index contributed by atoms with van der Waals surface area (Å²) < 4.78 is 11.0. The third-order valence-electron chi connectivity index (χ3n) is 5.86. The lowest BCUT2D eigenvalue weighted by Crippen LogP contribution is -2.49. The molecule has 1 aromatic heterocycles. The molecule has 1 atom stereocenters. The van der Waals surface area contributed by atoms with Gasteiger partial charge in [-0.2, -0.15) is 0 Å². The van der Waals surface area contributed by atoms with Crippen molar-refractivity contribution in [1.82, 2.24) is 15.1 Å². The number of nitrogens with zero attached hydrogens (tertiary/aromatic N) is 2. The number of likely N-dealkylation sites (tertiary alicyclic amines) is 1. The monoisotopic (exact) mass is 411 g/mol. The summed E-state index contributed by atoms with van der Waals surface area (Å²) in [5.41, 5.74) is 1.29. The van der Waals surface area contributed by atoms with Gasteiger partial charge in [-0.25, -0.2) is 0 Å². The van der Waals surface area contributed by atoms with E-state index in [4.69, 9.17) is 9.15 Å². The van der Waals surface area contributed by atoms with Crippen LogP contribution >= 0.6 is 0 Å². The number of hydrogen-bond acceptors (Lipinski definition) is 5. The quantitative estimate of drug-likeness (QED) is 0.788. The van der Waals surface area contributed by atoms with Crippen molar-refractivity contribution in [3.8, 4) is 0 Å². The first kappa shape index (κ1) is 20.6. The van der Waals surface area contributed by atoms with Crippen LogP contribution in [0, 0.1) is 5.92 Å². The standard InChI is InChI=1S/C23H29N3O4/c27-22(19-8-10-26(11-9-19)23(28)21-7-4-13-30-21)24-15-20-17-25(12-14-29-20)16-18-5-2-1-3-6-18/h1-7,13,19-20H,8-12,14-17H2,(H,24,27). The lowest BCUT2D eigenvalue weighted by molar-refractivity contribution is -0.127. The zero-order valence-corrected chi connectivity index (χ0v) is 17.2. The van der Waals surface area contributed by atoms with E-state index in [0.29, 0.717) is 44.8 Å². The number of amides is 2. The zero-order valence-electron chi connectivity index (χ0n) is 17.2. The van der Waals surface area contributed by atoms with Gasteiger partial charge in [-0.15, -0.1) is 0 Å². The molecule has 160 valence electrons. The van der Waals surface area contributed by atoms with E-state index in [1.165, 1.54) is 11.8 Å². The highest BCUT2D eigenvalue weighted by molar-refractivity contribution is 5.91. The summed E-state index contributed by atoms with van der Waals surface area (Å²) in [4.78, 5) is 29.1. The number of carbonyl (C=O) groups excluding carboxylic acids is 2. The molecule has 2 aliphatic heterocycles. The predicted molar refractivity (Wildman–Crippen MR) is 112 cm³/mol. The van der Waals surface area contributed by atoms with Crippen molar-refractivity contribution >= 4 is 11.8 Å². The molecule has 0 radical (unpaired) electrons. The van der Waals surface area contributed by atoms with Crippen LogP contribution in [-0.2, 0) is 16.1 Å². The van der Waals surface area contributed by atoms with Crippen molar-refractivity contribution in [2.24, 2.45) is 5.92 Å². The molecule has 7 nitrogen and oxygen atoms in total. The van der Waals surface area contributed by atoms with E-state index in [1.54, 1.807) is 17.0 Å². The molecule has 30 heavy (non-hydrogen) atoms. The fraction of sp³-hybridized carbons (Fsp3) is 0.478. The summed E-state index contributed by atoms with van der Waals surface area (Å²) in [6.45, 7) is 4.96. The largest absolute Gasteiger partial charge is 0.459 e. The minimum Gasteiger partial charge on any atom is -0.459 e. The summed E-state index contributed by atoms with van der Waals surface area (Å²) in [7, 11) is 0. The molecule has 4 rings (SSSR count). The van der Waals surface area contributed by atoms with Crippen molar-refractivity contribution in [2.75, 3.05) is 39.3 Å². The van der Waals surface area contributed by atoms with E-state index in [0.717, 1.165) is 19.6 Å². The first-order valence-electron chi connectivity index (χ1n) is 10.7. The Balaban J connectivity index is 1.19. The van der Waals surface area contributed by atoms with Gasteiger partial charge < -0.3 is 19.4 Å². The average molecular weight is 412 g/mol. The molecule has 0 bridgehead atoms. The van der Waals surface area contributed by atoms with Crippen LogP contribution in [0.1, 0.15) is 29.0 Å². The number of nitrogens with one attached hydrogen (secondary N) is 1. The minimum absolute atomic E-state index is 0.00651. The highest BCUT2D eigenvalue weighted by Gasteiger charge is 2.29. The number of hydrogen-bond donors (Lipinski definition) is 1. The van der Waals surface area contributed by atoms with Gasteiger partial charge in [0.05, 0.1) is 19.0 Å². The molecule has 1 unspecified atom stereocenters. The van der Waals surface area contributed by atoms with Crippen LogP contribution in [-0.4, -0.2) is 67.0 Å². The van der Waals surface area contributed by atoms with Gasteiger partial charge in [0.1, 0.15) is 0 Å². The number of rotatable bonds is 6. The van der Waals surface area contributed by atoms with Crippen molar-refractivity contribution in [3.63, 3.8) is 0 Å². The molecule has 3 heterocycles. The molecule has 0 aliphatic carbocycles. The molecule has 0 saturated carbocycles. The van der Waals surface area contributed by atoms with Gasteiger partial charge in [0.25, 0.3) is 5.91 Å². The molecular weight excluding hydrogens is 382 g/mol. The second kappa shape index (κ2) is 9.91. The Bertz CT molecular complexity index is 816. The number of ether oxygens (including phenoxy) is 1. The summed E-state index contributed by atoms with van der Waals surface area (Å²) in [5.74, 6) is 0.249. The summed E-state index contributed by atoms with van der Waals surface area (Å²) in [6, 6.07) is 13.8. The number of carbonyl (C=O) groups is 2. The van der Waals surface area contributed by atoms with Crippen LogP contribution in [0.2, 0.25) is 0 Å². The molecule has 1 N–H and O–H groups in total. The van der Waals surface area contributed by atoms with E-state index in [2.05, 4.69) is 34.5 Å². The molecule has 2 aromatic rings. The second-order valence-corrected chi connectivity index (χ2v) is 8.00. The molecule has 0 spiro atoms. The highest BCUT2D eigenvalue weighted by Crippen LogP contribution is 2.20. The van der Waals surface area contributed by atoms with Gasteiger partial charge in [0.15, 0.2) is 5.76 Å². The van der Waals surface area contributed by atoms with Gasteiger partial charge >= 0.3 is 0 Å². The normalized spacial score (nSPS) is 20.8. The van der Waals surface area contributed by atoms with Crippen LogP contribution in [0.15, 0.2) is 53.1 Å². The first-order valence-corrected chi connectivity index (χ1v) is 10.7. The lowest BCUT2D eigenvalue weighted by Gasteiger charge is -2.34. The van der Waals surface area contributed by atoms with Gasteiger partial charge in [0, 0.05) is 45.2 Å². The maximum absolute atomic E-state index is 12.6. The number of morpholine rings is 1.